The molecule has 2 heterocycles. The molecule has 0 fully saturated rings. The summed E-state index contributed by atoms with van der Waals surface area (Å²) in [5, 5.41) is 21.7. The third-order valence-corrected chi connectivity index (χ3v) is 4.62. The Kier molecular flexibility index (Phi) is 4.08. The Bertz CT molecular complexity index is 968. The monoisotopic (exact) mass is 364 g/mol. The third-order valence-electron chi connectivity index (χ3n) is 4.62. The minimum Gasteiger partial charge on any atom is -0.493 e. The van der Waals surface area contributed by atoms with Crippen LogP contribution in [-0.2, 0) is 0 Å². The lowest BCUT2D eigenvalue weighted by Gasteiger charge is -2.35. The molecule has 0 aliphatic carbocycles. The summed E-state index contributed by atoms with van der Waals surface area (Å²) in [6, 6.07) is 15.0. The van der Waals surface area contributed by atoms with E-state index in [1.165, 1.54) is 5.01 Å². The molecule has 0 radical (unpaired) electrons. The summed E-state index contributed by atoms with van der Waals surface area (Å²) < 4.78 is 10.7. The molecular weight excluding hydrogens is 344 g/mol. The molecule has 27 heavy (non-hydrogen) atoms. The molecule has 2 aliphatic heterocycles. The van der Waals surface area contributed by atoms with Crippen LogP contribution in [0.1, 0.15) is 12.5 Å². The van der Waals surface area contributed by atoms with Crippen LogP contribution in [-0.4, -0.2) is 36.6 Å². The van der Waals surface area contributed by atoms with E-state index < -0.39 is 5.85 Å². The molecule has 7 heteroatoms. The van der Waals surface area contributed by atoms with Crippen LogP contribution in [0.2, 0.25) is 0 Å². The molecule has 1 unspecified atom stereocenters. The van der Waals surface area contributed by atoms with Gasteiger partial charge in [-0.25, -0.2) is 5.01 Å². The van der Waals surface area contributed by atoms with E-state index in [4.69, 9.17) is 9.47 Å². The van der Waals surface area contributed by atoms with Crippen LogP contribution in [0.5, 0.6) is 11.5 Å². The number of anilines is 1. The Morgan fingerprint density at radius 2 is 1.78 bits per heavy atom. The number of hydrazone groups is 2. The number of fused-ring (bicyclic) bond motifs is 1. The van der Waals surface area contributed by atoms with Gasteiger partial charge in [0.25, 0.3) is 5.85 Å². The number of hydrogen-bond donors (Lipinski definition) is 2. The van der Waals surface area contributed by atoms with E-state index in [0.29, 0.717) is 28.5 Å². The Balaban J connectivity index is 1.71. The summed E-state index contributed by atoms with van der Waals surface area (Å²) in [5.41, 5.74) is 6.48. The average molecular weight is 364 g/mol. The summed E-state index contributed by atoms with van der Waals surface area (Å²) in [7, 11) is 3.18. The molecule has 2 aliphatic rings. The molecule has 1 atom stereocenters. The molecular formula is C20H20N4O3. The van der Waals surface area contributed by atoms with Crippen molar-refractivity contribution < 1.29 is 14.6 Å². The van der Waals surface area contributed by atoms with Gasteiger partial charge in [-0.3, -0.25) is 5.43 Å². The van der Waals surface area contributed by atoms with Crippen LogP contribution in [0.15, 0.2) is 70.4 Å². The number of nitrogens with zero attached hydrogens (tertiary/aromatic N) is 3. The number of nitrogens with one attached hydrogen (secondary N) is 1. The maximum atomic E-state index is 11.2. The van der Waals surface area contributed by atoms with E-state index in [9.17, 15) is 5.11 Å². The fourth-order valence-electron chi connectivity index (χ4n) is 3.22. The second-order valence-electron chi connectivity index (χ2n) is 6.24. The zero-order valence-electron chi connectivity index (χ0n) is 15.3. The summed E-state index contributed by atoms with van der Waals surface area (Å²) in [4.78, 5) is 0. The highest BCUT2D eigenvalue weighted by Gasteiger charge is 2.47. The highest BCUT2D eigenvalue weighted by atomic mass is 16.5. The lowest BCUT2D eigenvalue weighted by atomic mass is 9.99. The maximum absolute atomic E-state index is 11.2. The van der Waals surface area contributed by atoms with Crippen molar-refractivity contribution in [2.75, 3.05) is 19.2 Å². The predicted octanol–water partition coefficient (Wildman–Crippen LogP) is 2.48. The third kappa shape index (κ3) is 2.72. The van der Waals surface area contributed by atoms with Gasteiger partial charge in [0, 0.05) is 5.56 Å². The van der Waals surface area contributed by atoms with E-state index in [2.05, 4.69) is 15.6 Å². The van der Waals surface area contributed by atoms with Gasteiger partial charge in [0.1, 0.15) is 0 Å². The van der Waals surface area contributed by atoms with E-state index in [0.717, 1.165) is 11.3 Å². The van der Waals surface area contributed by atoms with Crippen molar-refractivity contribution in [2.24, 2.45) is 10.2 Å². The Morgan fingerprint density at radius 1 is 1.04 bits per heavy atom. The number of benzene rings is 2. The second-order valence-corrected chi connectivity index (χ2v) is 6.24. The van der Waals surface area contributed by atoms with Gasteiger partial charge >= 0.3 is 0 Å². The molecule has 0 bridgehead atoms. The van der Waals surface area contributed by atoms with Crippen LogP contribution in [0.4, 0.5) is 5.69 Å². The lowest BCUT2D eigenvalue weighted by Crippen LogP contribution is -2.56. The number of ether oxygens (including phenoxy) is 2. The Hall–Kier alpha value is -3.32. The number of para-hydroxylation sites is 1. The quantitative estimate of drug-likeness (QED) is 0.871. The average Bonchev–Trinajstić information content (AvgIpc) is 2.98. The first-order valence-electron chi connectivity index (χ1n) is 8.49. The first-order valence-corrected chi connectivity index (χ1v) is 8.49. The minimum atomic E-state index is -1.52. The predicted molar refractivity (Wildman–Crippen MR) is 104 cm³/mol. The summed E-state index contributed by atoms with van der Waals surface area (Å²) in [6.45, 7) is 1.86. The Morgan fingerprint density at radius 3 is 2.48 bits per heavy atom. The highest BCUT2D eigenvalue weighted by Crippen LogP contribution is 2.36. The zero-order chi connectivity index (χ0) is 19.0. The fraction of sp³-hybridized carbons (Fsp3) is 0.200. The second kappa shape index (κ2) is 6.44. The molecule has 2 N–H and O–H groups in total. The van der Waals surface area contributed by atoms with Crippen molar-refractivity contribution in [3.05, 3.63) is 65.7 Å². The van der Waals surface area contributed by atoms with Crippen molar-refractivity contribution in [1.82, 2.24) is 5.43 Å². The van der Waals surface area contributed by atoms with Gasteiger partial charge in [-0.2, -0.15) is 10.2 Å². The summed E-state index contributed by atoms with van der Waals surface area (Å²) >= 11 is 0. The first-order chi connectivity index (χ1) is 13.1. The van der Waals surface area contributed by atoms with E-state index in [1.807, 2.05) is 61.5 Å². The largest absolute Gasteiger partial charge is 0.493 e. The first kappa shape index (κ1) is 17.1. The SMILES string of the molecule is COc1ccc(C2=NNC3(O)C(=C2)C(C)=NN3c2ccccc2)cc1OC. The van der Waals surface area contributed by atoms with Gasteiger partial charge in [-0.05, 0) is 43.3 Å². The molecule has 2 aromatic carbocycles. The molecule has 138 valence electrons. The van der Waals surface area contributed by atoms with Crippen molar-refractivity contribution in [2.45, 2.75) is 12.8 Å². The normalized spacial score (nSPS) is 20.9. The molecule has 0 spiro atoms. The number of methoxy groups -OCH3 is 2. The van der Waals surface area contributed by atoms with Crippen LogP contribution in [0.3, 0.4) is 0 Å². The van der Waals surface area contributed by atoms with Crippen molar-refractivity contribution in [3.8, 4) is 11.5 Å². The topological polar surface area (TPSA) is 78.7 Å². The van der Waals surface area contributed by atoms with Gasteiger partial charge in [0.15, 0.2) is 11.5 Å². The lowest BCUT2D eigenvalue weighted by molar-refractivity contribution is 0.0501. The van der Waals surface area contributed by atoms with E-state index >= 15 is 0 Å². The van der Waals surface area contributed by atoms with Crippen LogP contribution >= 0.6 is 0 Å². The van der Waals surface area contributed by atoms with E-state index in [-0.39, 0.29) is 0 Å². The molecule has 4 rings (SSSR count). The van der Waals surface area contributed by atoms with Gasteiger partial charge in [0.05, 0.1) is 36.9 Å². The fourth-order valence-corrected chi connectivity index (χ4v) is 3.22. The molecule has 0 saturated heterocycles. The molecule has 0 saturated carbocycles. The van der Waals surface area contributed by atoms with Gasteiger partial charge < -0.3 is 14.6 Å². The summed E-state index contributed by atoms with van der Waals surface area (Å²) in [6.07, 6.45) is 1.83. The van der Waals surface area contributed by atoms with E-state index in [1.54, 1.807) is 14.2 Å². The smallest absolute Gasteiger partial charge is 0.281 e. The Labute approximate surface area is 157 Å². The highest BCUT2D eigenvalue weighted by molar-refractivity contribution is 6.16. The zero-order valence-corrected chi connectivity index (χ0v) is 15.3. The van der Waals surface area contributed by atoms with Crippen LogP contribution in [0, 0.1) is 0 Å². The van der Waals surface area contributed by atoms with Crippen molar-refractivity contribution >= 4 is 17.1 Å². The maximum Gasteiger partial charge on any atom is 0.281 e. The minimum absolute atomic E-state index is 0.611. The number of rotatable bonds is 4. The van der Waals surface area contributed by atoms with Gasteiger partial charge in [0.2, 0.25) is 0 Å². The summed E-state index contributed by atoms with van der Waals surface area (Å²) in [5.74, 6) is -0.269. The van der Waals surface area contributed by atoms with Crippen molar-refractivity contribution in [1.29, 1.82) is 0 Å². The molecule has 0 aromatic heterocycles. The number of hydrogen-bond acceptors (Lipinski definition) is 7. The number of allylic oxidation sites excluding steroid dienone is 1. The molecule has 0 amide bonds. The van der Waals surface area contributed by atoms with Crippen molar-refractivity contribution in [3.63, 3.8) is 0 Å². The van der Waals surface area contributed by atoms with Gasteiger partial charge in [-0.15, -0.1) is 0 Å². The molecule has 7 nitrogen and oxygen atoms in total. The standard InChI is InChI=1S/C20H20N4O3/c1-13-16-12-17(14-9-10-18(26-2)19(11-14)27-3)21-23-20(16,25)24(22-13)15-7-5-4-6-8-15/h4-12,23,25H,1-3H3. The number of aliphatic hydroxyl groups is 1. The van der Waals surface area contributed by atoms with Gasteiger partial charge in [-0.1, -0.05) is 18.2 Å². The van der Waals surface area contributed by atoms with Crippen LogP contribution < -0.4 is 19.9 Å². The molecule has 2 aromatic rings. The van der Waals surface area contributed by atoms with Crippen LogP contribution in [0.25, 0.3) is 0 Å².